The highest BCUT2D eigenvalue weighted by molar-refractivity contribution is 6.35. The number of carbonyl (C=O) groups excluding carboxylic acids is 1. The minimum Gasteiger partial charge on any atom is -0.310 e. The van der Waals surface area contributed by atoms with Gasteiger partial charge in [-0.05, 0) is 47.0 Å². The van der Waals surface area contributed by atoms with Crippen molar-refractivity contribution in [1.29, 1.82) is 0 Å². The summed E-state index contributed by atoms with van der Waals surface area (Å²) in [7, 11) is 0. The first-order valence-corrected chi connectivity index (χ1v) is 9.01. The number of fused-ring (bicyclic) bond motifs is 1. The Hall–Kier alpha value is -1.87. The van der Waals surface area contributed by atoms with Crippen molar-refractivity contribution in [2.45, 2.75) is 12.8 Å². The van der Waals surface area contributed by atoms with Gasteiger partial charge in [0.15, 0.2) is 5.78 Å². The monoisotopic (exact) mass is 371 g/mol. The Balaban J connectivity index is 1.47. The van der Waals surface area contributed by atoms with E-state index >= 15 is 0 Å². The lowest BCUT2D eigenvalue weighted by molar-refractivity contribution is -0.117. The molecule has 0 aliphatic carbocycles. The Morgan fingerprint density at radius 2 is 1.72 bits per heavy atom. The number of rotatable bonds is 7. The van der Waals surface area contributed by atoms with Gasteiger partial charge in [-0.3, -0.25) is 4.79 Å². The third kappa shape index (κ3) is 5.05. The molecule has 4 heteroatoms. The van der Waals surface area contributed by atoms with Gasteiger partial charge in [-0.1, -0.05) is 71.7 Å². The lowest BCUT2D eigenvalue weighted by Gasteiger charge is -2.07. The molecule has 25 heavy (non-hydrogen) atoms. The molecule has 0 bridgehead atoms. The number of benzene rings is 3. The molecule has 0 radical (unpaired) electrons. The van der Waals surface area contributed by atoms with Gasteiger partial charge in [0.05, 0.1) is 6.54 Å². The molecule has 128 valence electrons. The van der Waals surface area contributed by atoms with Crippen LogP contribution in [0.4, 0.5) is 0 Å². The molecule has 0 heterocycles. The van der Waals surface area contributed by atoms with Crippen molar-refractivity contribution >= 4 is 39.8 Å². The highest BCUT2D eigenvalue weighted by Gasteiger charge is 2.05. The van der Waals surface area contributed by atoms with Gasteiger partial charge in [-0.2, -0.15) is 0 Å². The number of nitrogens with one attached hydrogen (secondary N) is 1. The minimum absolute atomic E-state index is 0.178. The van der Waals surface area contributed by atoms with Crippen LogP contribution in [0.3, 0.4) is 0 Å². The zero-order valence-corrected chi connectivity index (χ0v) is 15.3. The normalized spacial score (nSPS) is 11.0. The average Bonchev–Trinajstić information content (AvgIpc) is 2.60. The first kappa shape index (κ1) is 17.9. The van der Waals surface area contributed by atoms with Crippen LogP contribution in [0.5, 0.6) is 0 Å². The summed E-state index contributed by atoms with van der Waals surface area (Å²) >= 11 is 12.0. The molecule has 0 aromatic heterocycles. The van der Waals surface area contributed by atoms with E-state index in [0.29, 0.717) is 29.6 Å². The van der Waals surface area contributed by atoms with Crippen molar-refractivity contribution < 1.29 is 4.79 Å². The summed E-state index contributed by atoms with van der Waals surface area (Å²) in [6.07, 6.45) is 1.21. The van der Waals surface area contributed by atoms with Crippen molar-refractivity contribution in [1.82, 2.24) is 5.32 Å². The second kappa shape index (κ2) is 8.48. The van der Waals surface area contributed by atoms with Crippen LogP contribution in [0.1, 0.15) is 11.1 Å². The molecule has 3 aromatic carbocycles. The number of hydrogen-bond acceptors (Lipinski definition) is 2. The van der Waals surface area contributed by atoms with E-state index in [0.717, 1.165) is 22.9 Å². The molecule has 0 amide bonds. The van der Waals surface area contributed by atoms with Crippen molar-refractivity contribution in [3.05, 3.63) is 81.8 Å². The molecule has 0 unspecified atom stereocenters. The van der Waals surface area contributed by atoms with Crippen molar-refractivity contribution in [3.8, 4) is 0 Å². The molecule has 1 N–H and O–H groups in total. The summed E-state index contributed by atoms with van der Waals surface area (Å²) in [5.41, 5.74) is 2.08. The summed E-state index contributed by atoms with van der Waals surface area (Å²) in [6, 6.07) is 19.8. The fourth-order valence-electron chi connectivity index (χ4n) is 2.81. The topological polar surface area (TPSA) is 29.1 Å². The standard InChI is InChI=1S/C21H19Cl2NO/c22-19-8-7-17(21(23)13-19)9-10-24-14-20(25)12-15-5-6-16-3-1-2-4-18(16)11-15/h1-8,11,13,24H,9-10,12,14H2. The number of carbonyl (C=O) groups is 1. The molecule has 0 aliphatic heterocycles. The quantitative estimate of drug-likeness (QED) is 0.586. The number of ketones is 1. The predicted molar refractivity (Wildman–Crippen MR) is 106 cm³/mol. The largest absolute Gasteiger partial charge is 0.310 e. The van der Waals surface area contributed by atoms with E-state index in [4.69, 9.17) is 23.2 Å². The first-order valence-electron chi connectivity index (χ1n) is 8.26. The van der Waals surface area contributed by atoms with Crippen LogP contribution >= 0.6 is 23.2 Å². The van der Waals surface area contributed by atoms with E-state index in [9.17, 15) is 4.79 Å². The molecular formula is C21H19Cl2NO. The van der Waals surface area contributed by atoms with Gasteiger partial charge in [-0.15, -0.1) is 0 Å². The van der Waals surface area contributed by atoms with Gasteiger partial charge in [0.1, 0.15) is 0 Å². The van der Waals surface area contributed by atoms with Crippen LogP contribution < -0.4 is 5.32 Å². The smallest absolute Gasteiger partial charge is 0.150 e. The van der Waals surface area contributed by atoms with Crippen molar-refractivity contribution in [3.63, 3.8) is 0 Å². The number of halogens is 2. The van der Waals surface area contributed by atoms with Crippen LogP contribution in [0.2, 0.25) is 10.0 Å². The molecule has 2 nitrogen and oxygen atoms in total. The van der Waals surface area contributed by atoms with Gasteiger partial charge in [0.2, 0.25) is 0 Å². The zero-order chi connectivity index (χ0) is 17.6. The van der Waals surface area contributed by atoms with Gasteiger partial charge >= 0.3 is 0 Å². The van der Waals surface area contributed by atoms with Crippen LogP contribution in [0.25, 0.3) is 10.8 Å². The fourth-order valence-corrected chi connectivity index (χ4v) is 3.32. The molecule has 0 atom stereocenters. The van der Waals surface area contributed by atoms with Crippen LogP contribution in [0.15, 0.2) is 60.7 Å². The van der Waals surface area contributed by atoms with Gasteiger partial charge in [-0.25, -0.2) is 0 Å². The maximum Gasteiger partial charge on any atom is 0.150 e. The molecule has 0 fully saturated rings. The number of hydrogen-bond donors (Lipinski definition) is 1. The lowest BCUT2D eigenvalue weighted by Crippen LogP contribution is -2.26. The SMILES string of the molecule is O=C(CNCCc1ccc(Cl)cc1Cl)Cc1ccc2ccccc2c1. The molecular weight excluding hydrogens is 353 g/mol. The molecule has 0 saturated carbocycles. The Morgan fingerprint density at radius 3 is 2.52 bits per heavy atom. The molecule has 3 rings (SSSR count). The Kier molecular flexibility index (Phi) is 6.09. The van der Waals surface area contributed by atoms with Crippen LogP contribution in [0, 0.1) is 0 Å². The van der Waals surface area contributed by atoms with E-state index < -0.39 is 0 Å². The highest BCUT2D eigenvalue weighted by atomic mass is 35.5. The van der Waals surface area contributed by atoms with E-state index in [1.54, 1.807) is 6.07 Å². The maximum absolute atomic E-state index is 12.2. The van der Waals surface area contributed by atoms with E-state index in [1.807, 2.05) is 30.3 Å². The van der Waals surface area contributed by atoms with E-state index in [2.05, 4.69) is 29.6 Å². The molecule has 3 aromatic rings. The van der Waals surface area contributed by atoms with E-state index in [-0.39, 0.29) is 5.78 Å². The second-order valence-corrected chi connectivity index (χ2v) is 6.90. The predicted octanol–water partition coefficient (Wildman–Crippen LogP) is 5.09. The summed E-state index contributed by atoms with van der Waals surface area (Å²) in [4.78, 5) is 12.2. The van der Waals surface area contributed by atoms with Crippen LogP contribution in [-0.4, -0.2) is 18.9 Å². The average molecular weight is 372 g/mol. The maximum atomic E-state index is 12.2. The summed E-state index contributed by atoms with van der Waals surface area (Å²) < 4.78 is 0. The minimum atomic E-state index is 0.178. The summed E-state index contributed by atoms with van der Waals surface area (Å²) in [5.74, 6) is 0.178. The Labute approximate surface area is 157 Å². The van der Waals surface area contributed by atoms with Crippen LogP contribution in [-0.2, 0) is 17.6 Å². The Morgan fingerprint density at radius 1 is 0.920 bits per heavy atom. The summed E-state index contributed by atoms with van der Waals surface area (Å²) in [5, 5.41) is 6.84. The highest BCUT2D eigenvalue weighted by Crippen LogP contribution is 2.21. The summed E-state index contributed by atoms with van der Waals surface area (Å²) in [6.45, 7) is 1.06. The molecule has 0 saturated heterocycles. The molecule has 0 aliphatic rings. The first-order chi connectivity index (χ1) is 12.1. The second-order valence-electron chi connectivity index (χ2n) is 6.06. The molecule has 0 spiro atoms. The zero-order valence-electron chi connectivity index (χ0n) is 13.8. The van der Waals surface area contributed by atoms with E-state index in [1.165, 1.54) is 5.39 Å². The Bertz CT molecular complexity index is 892. The third-order valence-electron chi connectivity index (χ3n) is 4.12. The van der Waals surface area contributed by atoms with Gasteiger partial charge in [0.25, 0.3) is 0 Å². The fraction of sp³-hybridized carbons (Fsp3) is 0.190. The van der Waals surface area contributed by atoms with Gasteiger partial charge in [0, 0.05) is 16.5 Å². The third-order valence-corrected chi connectivity index (χ3v) is 4.71. The van der Waals surface area contributed by atoms with Crippen molar-refractivity contribution in [2.24, 2.45) is 0 Å². The van der Waals surface area contributed by atoms with Crippen molar-refractivity contribution in [2.75, 3.05) is 13.1 Å². The van der Waals surface area contributed by atoms with Gasteiger partial charge < -0.3 is 5.32 Å². The lowest BCUT2D eigenvalue weighted by atomic mass is 10.0. The number of Topliss-reactive ketones (excluding diaryl/α,β-unsaturated/α-hetero) is 1.